The molecule has 1 aliphatic heterocycles. The molecule has 0 radical (unpaired) electrons. The summed E-state index contributed by atoms with van der Waals surface area (Å²) in [7, 11) is 0. The number of aromatic nitrogens is 5. The van der Waals surface area contributed by atoms with Gasteiger partial charge < -0.3 is 9.88 Å². The Labute approximate surface area is 162 Å². The number of H-pyrrole nitrogens is 1. The predicted molar refractivity (Wildman–Crippen MR) is 105 cm³/mol. The molecule has 0 aliphatic carbocycles. The number of nitrogens with zero attached hydrogens (tertiary/aromatic N) is 5. The molecule has 4 rings (SSSR count). The molecule has 1 fully saturated rings. The molecule has 8 nitrogen and oxygen atoms in total. The van der Waals surface area contributed by atoms with Crippen molar-refractivity contribution in [2.75, 3.05) is 13.1 Å². The van der Waals surface area contributed by atoms with Gasteiger partial charge in [0.05, 0.1) is 0 Å². The smallest absolute Gasteiger partial charge is 0.281 e. The van der Waals surface area contributed by atoms with Crippen molar-refractivity contribution in [3.05, 3.63) is 51.1 Å². The van der Waals surface area contributed by atoms with Gasteiger partial charge in [0.2, 0.25) is 0 Å². The van der Waals surface area contributed by atoms with E-state index in [1.807, 2.05) is 30.9 Å². The average molecular weight is 380 g/mol. The van der Waals surface area contributed by atoms with Gasteiger partial charge in [-0.1, -0.05) is 22.4 Å². The maximum Gasteiger partial charge on any atom is 0.281 e. The predicted octanol–water partition coefficient (Wildman–Crippen LogP) is 1.99. The summed E-state index contributed by atoms with van der Waals surface area (Å²) < 4.78 is 1.69. The molecular formula is C20H24N6O2. The zero-order chi connectivity index (χ0) is 19.8. The maximum absolute atomic E-state index is 13.0. The monoisotopic (exact) mass is 380 g/mol. The number of aryl methyl sites for hydroxylation is 3. The third kappa shape index (κ3) is 3.54. The first-order chi connectivity index (χ1) is 13.4. The second-order valence-corrected chi connectivity index (χ2v) is 7.73. The van der Waals surface area contributed by atoms with E-state index in [1.165, 1.54) is 0 Å². The molecular weight excluding hydrogens is 356 g/mol. The topological polar surface area (TPSA) is 96.8 Å². The third-order valence-corrected chi connectivity index (χ3v) is 5.20. The van der Waals surface area contributed by atoms with Crippen molar-refractivity contribution in [2.45, 2.75) is 40.2 Å². The van der Waals surface area contributed by atoms with Crippen LogP contribution in [-0.2, 0) is 6.54 Å². The van der Waals surface area contributed by atoms with Crippen molar-refractivity contribution in [3.63, 3.8) is 0 Å². The van der Waals surface area contributed by atoms with E-state index in [0.717, 1.165) is 36.1 Å². The van der Waals surface area contributed by atoms with Crippen molar-refractivity contribution in [3.8, 4) is 0 Å². The Bertz CT molecular complexity index is 1080. The summed E-state index contributed by atoms with van der Waals surface area (Å²) in [6.45, 7) is 7.77. The molecule has 8 heteroatoms. The van der Waals surface area contributed by atoms with E-state index in [0.29, 0.717) is 24.6 Å². The van der Waals surface area contributed by atoms with Crippen LogP contribution in [0.25, 0.3) is 11.2 Å². The Morgan fingerprint density at radius 1 is 1.21 bits per heavy atom. The largest absolute Gasteiger partial charge is 0.338 e. The second-order valence-electron chi connectivity index (χ2n) is 7.73. The number of amides is 1. The molecule has 1 saturated heterocycles. The number of hydrogen-bond acceptors (Lipinski definition) is 5. The van der Waals surface area contributed by atoms with Gasteiger partial charge in [-0.2, -0.15) is 0 Å². The van der Waals surface area contributed by atoms with Crippen LogP contribution in [-0.4, -0.2) is 48.9 Å². The van der Waals surface area contributed by atoms with Crippen molar-refractivity contribution in [2.24, 2.45) is 5.92 Å². The van der Waals surface area contributed by atoms with E-state index < -0.39 is 0 Å². The molecule has 1 N–H and O–H groups in total. The number of hydrogen-bond donors (Lipinski definition) is 1. The van der Waals surface area contributed by atoms with Crippen molar-refractivity contribution in [1.82, 2.24) is 29.9 Å². The lowest BCUT2D eigenvalue weighted by atomic mass is 9.97. The number of nitrogens with one attached hydrogen (secondary N) is 1. The van der Waals surface area contributed by atoms with Crippen LogP contribution in [0.15, 0.2) is 23.0 Å². The molecule has 28 heavy (non-hydrogen) atoms. The van der Waals surface area contributed by atoms with Crippen molar-refractivity contribution < 1.29 is 4.79 Å². The van der Waals surface area contributed by atoms with Gasteiger partial charge in [-0.15, -0.1) is 5.10 Å². The summed E-state index contributed by atoms with van der Waals surface area (Å²) in [5.74, 6) is 0.858. The normalized spacial score (nSPS) is 17.2. The SMILES string of the molecule is Cc1cc(C)cc(C(=O)N2CCC[C@H](Cn3nnc4c(=O)[nH]c(C)nc43)C2)c1. The number of rotatable bonds is 3. The Morgan fingerprint density at radius 3 is 2.71 bits per heavy atom. The number of fused-ring (bicyclic) bond motifs is 1. The first-order valence-electron chi connectivity index (χ1n) is 9.58. The highest BCUT2D eigenvalue weighted by molar-refractivity contribution is 5.94. The zero-order valence-corrected chi connectivity index (χ0v) is 16.4. The fraction of sp³-hybridized carbons (Fsp3) is 0.450. The Balaban J connectivity index is 1.53. The summed E-state index contributed by atoms with van der Waals surface area (Å²) in [6.07, 6.45) is 1.95. The fourth-order valence-corrected chi connectivity index (χ4v) is 4.02. The molecule has 0 spiro atoms. The van der Waals surface area contributed by atoms with Crippen LogP contribution in [0, 0.1) is 26.7 Å². The van der Waals surface area contributed by atoms with Gasteiger partial charge in [0.1, 0.15) is 5.82 Å². The molecule has 0 bridgehead atoms. The van der Waals surface area contributed by atoms with Crippen LogP contribution >= 0.6 is 0 Å². The molecule has 0 saturated carbocycles. The fourth-order valence-electron chi connectivity index (χ4n) is 4.02. The maximum atomic E-state index is 13.0. The minimum absolute atomic E-state index is 0.0744. The highest BCUT2D eigenvalue weighted by Gasteiger charge is 2.26. The molecule has 146 valence electrons. The minimum atomic E-state index is -0.274. The summed E-state index contributed by atoms with van der Waals surface area (Å²) >= 11 is 0. The minimum Gasteiger partial charge on any atom is -0.338 e. The highest BCUT2D eigenvalue weighted by Crippen LogP contribution is 2.22. The van der Waals surface area contributed by atoms with Gasteiger partial charge in [-0.05, 0) is 51.7 Å². The van der Waals surface area contributed by atoms with E-state index in [2.05, 4.69) is 26.3 Å². The quantitative estimate of drug-likeness (QED) is 0.749. The standard InChI is InChI=1S/C20H24N6O2/c1-12-7-13(2)9-16(8-12)20(28)25-6-4-5-15(10-25)11-26-18-17(23-24-26)19(27)22-14(3)21-18/h7-9,15H,4-6,10-11H2,1-3H3,(H,21,22,27)/t15-/m0/s1. The number of aromatic amines is 1. The van der Waals surface area contributed by atoms with Gasteiger partial charge in [-0.25, -0.2) is 9.67 Å². The van der Waals surface area contributed by atoms with Crippen LogP contribution in [0.2, 0.25) is 0 Å². The zero-order valence-electron chi connectivity index (χ0n) is 16.4. The molecule has 1 atom stereocenters. The molecule has 1 aromatic carbocycles. The summed E-state index contributed by atoms with van der Waals surface area (Å²) in [5, 5.41) is 8.10. The number of likely N-dealkylation sites (tertiary alicyclic amines) is 1. The second kappa shape index (κ2) is 7.18. The first kappa shape index (κ1) is 18.3. The summed E-state index contributed by atoms with van der Waals surface area (Å²) in [4.78, 5) is 33.9. The number of piperidine rings is 1. The lowest BCUT2D eigenvalue weighted by molar-refractivity contribution is 0.0660. The molecule has 1 aliphatic rings. The van der Waals surface area contributed by atoms with Crippen molar-refractivity contribution in [1.29, 1.82) is 0 Å². The van der Waals surface area contributed by atoms with Gasteiger partial charge in [-0.3, -0.25) is 9.59 Å². The molecule has 0 unspecified atom stereocenters. The van der Waals surface area contributed by atoms with E-state index in [9.17, 15) is 9.59 Å². The first-order valence-corrected chi connectivity index (χ1v) is 9.58. The van der Waals surface area contributed by atoms with E-state index in [-0.39, 0.29) is 22.9 Å². The number of carbonyl (C=O) groups excluding carboxylic acids is 1. The van der Waals surface area contributed by atoms with Crippen molar-refractivity contribution >= 4 is 17.1 Å². The van der Waals surface area contributed by atoms with Crippen LogP contribution in [0.4, 0.5) is 0 Å². The third-order valence-electron chi connectivity index (χ3n) is 5.20. The lowest BCUT2D eigenvalue weighted by Gasteiger charge is -2.33. The number of benzene rings is 1. The van der Waals surface area contributed by atoms with Gasteiger partial charge >= 0.3 is 0 Å². The van der Waals surface area contributed by atoms with Gasteiger partial charge in [0.15, 0.2) is 11.2 Å². The molecule has 3 heterocycles. The average Bonchev–Trinajstić information content (AvgIpc) is 3.03. The van der Waals surface area contributed by atoms with Crippen LogP contribution in [0.5, 0.6) is 0 Å². The Morgan fingerprint density at radius 2 is 1.96 bits per heavy atom. The summed E-state index contributed by atoms with van der Waals surface area (Å²) in [5.41, 5.74) is 3.41. The van der Waals surface area contributed by atoms with Crippen LogP contribution in [0.1, 0.15) is 40.2 Å². The Hall–Kier alpha value is -3.03. The number of carbonyl (C=O) groups is 1. The summed E-state index contributed by atoms with van der Waals surface area (Å²) in [6, 6.07) is 5.97. The Kier molecular flexibility index (Phi) is 4.70. The van der Waals surface area contributed by atoms with E-state index in [4.69, 9.17) is 0 Å². The van der Waals surface area contributed by atoms with Crippen LogP contribution in [0.3, 0.4) is 0 Å². The van der Waals surface area contributed by atoms with Gasteiger partial charge in [0, 0.05) is 25.2 Å². The molecule has 2 aromatic heterocycles. The van der Waals surface area contributed by atoms with E-state index in [1.54, 1.807) is 11.6 Å². The molecule has 1 amide bonds. The lowest BCUT2D eigenvalue weighted by Crippen LogP contribution is -2.41. The van der Waals surface area contributed by atoms with Gasteiger partial charge in [0.25, 0.3) is 11.5 Å². The van der Waals surface area contributed by atoms with Crippen LogP contribution < -0.4 is 5.56 Å². The molecule has 3 aromatic rings. The highest BCUT2D eigenvalue weighted by atomic mass is 16.2. The van der Waals surface area contributed by atoms with E-state index >= 15 is 0 Å².